The molecule has 3 N–H and O–H groups in total. The molecule has 0 aliphatic heterocycles. The molecule has 0 heterocycles. The quantitative estimate of drug-likeness (QED) is 0.602. The molecular formula is C19H20F3N3O3. The van der Waals surface area contributed by atoms with Gasteiger partial charge in [-0.2, -0.15) is 0 Å². The molecular weight excluding hydrogens is 375 g/mol. The number of rotatable bonds is 8. The van der Waals surface area contributed by atoms with Crippen molar-refractivity contribution in [2.75, 3.05) is 19.6 Å². The van der Waals surface area contributed by atoms with Crippen molar-refractivity contribution < 1.29 is 27.5 Å². The van der Waals surface area contributed by atoms with Crippen molar-refractivity contribution in [3.8, 4) is 5.75 Å². The van der Waals surface area contributed by atoms with Crippen LogP contribution in [0.3, 0.4) is 0 Å². The molecule has 150 valence electrons. The molecule has 0 aliphatic rings. The summed E-state index contributed by atoms with van der Waals surface area (Å²) in [5, 5.41) is 7.91. The molecule has 0 spiro atoms. The number of carbonyl (C=O) groups is 2. The second-order valence-corrected chi connectivity index (χ2v) is 5.75. The molecule has 0 atom stereocenters. The second-order valence-electron chi connectivity index (χ2n) is 5.75. The van der Waals surface area contributed by atoms with Gasteiger partial charge in [-0.1, -0.05) is 30.3 Å². The summed E-state index contributed by atoms with van der Waals surface area (Å²) < 4.78 is 40.1. The van der Waals surface area contributed by atoms with Gasteiger partial charge in [-0.05, 0) is 36.2 Å². The molecule has 2 rings (SSSR count). The highest BCUT2D eigenvalue weighted by molar-refractivity contribution is 5.94. The zero-order chi connectivity index (χ0) is 20.4. The number of carbonyl (C=O) groups excluding carboxylic acids is 2. The van der Waals surface area contributed by atoms with Crippen molar-refractivity contribution in [1.82, 2.24) is 16.0 Å². The minimum absolute atomic E-state index is 0.222. The number of urea groups is 1. The van der Waals surface area contributed by atoms with E-state index in [0.29, 0.717) is 18.5 Å². The molecule has 0 aliphatic carbocycles. The molecule has 0 radical (unpaired) electrons. The lowest BCUT2D eigenvalue weighted by molar-refractivity contribution is -0.274. The Balaban J connectivity index is 1.59. The van der Waals surface area contributed by atoms with Crippen LogP contribution >= 0.6 is 0 Å². The molecule has 0 saturated heterocycles. The number of hydrogen-bond acceptors (Lipinski definition) is 3. The third kappa shape index (κ3) is 7.98. The zero-order valence-corrected chi connectivity index (χ0v) is 14.9. The fraction of sp³-hybridized carbons (Fsp3) is 0.263. The molecule has 0 saturated carbocycles. The van der Waals surface area contributed by atoms with Crippen LogP contribution in [0, 0.1) is 0 Å². The van der Waals surface area contributed by atoms with Crippen LogP contribution < -0.4 is 20.7 Å². The van der Waals surface area contributed by atoms with Crippen LogP contribution in [0.2, 0.25) is 0 Å². The van der Waals surface area contributed by atoms with Gasteiger partial charge in [-0.15, -0.1) is 13.2 Å². The van der Waals surface area contributed by atoms with Gasteiger partial charge < -0.3 is 20.7 Å². The molecule has 0 unspecified atom stereocenters. The second kappa shape index (κ2) is 10.2. The van der Waals surface area contributed by atoms with Crippen molar-refractivity contribution in [2.45, 2.75) is 12.8 Å². The topological polar surface area (TPSA) is 79.5 Å². The summed E-state index contributed by atoms with van der Waals surface area (Å²) in [7, 11) is 0. The van der Waals surface area contributed by atoms with Gasteiger partial charge >= 0.3 is 12.4 Å². The number of nitrogens with one attached hydrogen (secondary N) is 3. The van der Waals surface area contributed by atoms with Crippen molar-refractivity contribution in [3.05, 3.63) is 65.7 Å². The van der Waals surface area contributed by atoms with E-state index in [4.69, 9.17) is 0 Å². The lowest BCUT2D eigenvalue weighted by Crippen LogP contribution is -2.40. The van der Waals surface area contributed by atoms with Crippen LogP contribution in [0.5, 0.6) is 5.75 Å². The smallest absolute Gasteiger partial charge is 0.406 e. The maximum Gasteiger partial charge on any atom is 0.573 e. The summed E-state index contributed by atoms with van der Waals surface area (Å²) in [6.45, 7) is 0.845. The normalized spacial score (nSPS) is 10.8. The van der Waals surface area contributed by atoms with Crippen LogP contribution in [-0.4, -0.2) is 37.9 Å². The molecule has 3 amide bonds. The maximum atomic E-state index is 12.1. The first-order chi connectivity index (χ1) is 13.3. The van der Waals surface area contributed by atoms with E-state index >= 15 is 0 Å². The van der Waals surface area contributed by atoms with Crippen molar-refractivity contribution in [1.29, 1.82) is 0 Å². The summed E-state index contributed by atoms with van der Waals surface area (Å²) in [4.78, 5) is 23.5. The van der Waals surface area contributed by atoms with Crippen molar-refractivity contribution in [2.24, 2.45) is 0 Å². The Bertz CT molecular complexity index is 765. The monoisotopic (exact) mass is 395 g/mol. The van der Waals surface area contributed by atoms with Gasteiger partial charge in [0.2, 0.25) is 0 Å². The molecule has 0 bridgehead atoms. The zero-order valence-electron chi connectivity index (χ0n) is 14.9. The Morgan fingerprint density at radius 1 is 0.821 bits per heavy atom. The number of halogens is 3. The van der Waals surface area contributed by atoms with E-state index in [0.717, 1.165) is 5.56 Å². The van der Waals surface area contributed by atoms with E-state index in [-0.39, 0.29) is 24.7 Å². The van der Waals surface area contributed by atoms with E-state index in [2.05, 4.69) is 20.7 Å². The van der Waals surface area contributed by atoms with Crippen LogP contribution in [0.15, 0.2) is 54.6 Å². The average Bonchev–Trinajstić information content (AvgIpc) is 2.66. The molecule has 2 aromatic carbocycles. The minimum atomic E-state index is -4.72. The van der Waals surface area contributed by atoms with Gasteiger partial charge in [0.1, 0.15) is 5.75 Å². The number of amides is 3. The standard InChI is InChI=1S/C19H20F3N3O3/c20-19(21,22)28-16-8-6-14(7-9-16)10-11-24-18(27)25-13-12-23-17(26)15-4-2-1-3-5-15/h1-9H,10-13H2,(H,23,26)(H2,24,25,27). The van der Waals surface area contributed by atoms with Crippen LogP contribution in [0.4, 0.5) is 18.0 Å². The Morgan fingerprint density at radius 3 is 2.07 bits per heavy atom. The number of ether oxygens (including phenoxy) is 1. The average molecular weight is 395 g/mol. The maximum absolute atomic E-state index is 12.1. The first kappa shape index (κ1) is 21.1. The van der Waals surface area contributed by atoms with Gasteiger partial charge in [-0.25, -0.2) is 4.79 Å². The van der Waals surface area contributed by atoms with E-state index in [1.165, 1.54) is 24.3 Å². The molecule has 6 nitrogen and oxygen atoms in total. The first-order valence-electron chi connectivity index (χ1n) is 8.53. The highest BCUT2D eigenvalue weighted by Crippen LogP contribution is 2.22. The van der Waals surface area contributed by atoms with E-state index in [9.17, 15) is 22.8 Å². The minimum Gasteiger partial charge on any atom is -0.406 e. The summed E-state index contributed by atoms with van der Waals surface area (Å²) in [6, 6.07) is 13.8. The Kier molecular flexibility index (Phi) is 7.67. The SMILES string of the molecule is O=C(NCCNC(=O)c1ccccc1)NCCc1ccc(OC(F)(F)F)cc1. The predicted octanol–water partition coefficient (Wildman–Crippen LogP) is 2.86. The Hall–Kier alpha value is -3.23. The summed E-state index contributed by atoms with van der Waals surface area (Å²) >= 11 is 0. The van der Waals surface area contributed by atoms with Crippen LogP contribution in [-0.2, 0) is 6.42 Å². The van der Waals surface area contributed by atoms with Crippen molar-refractivity contribution >= 4 is 11.9 Å². The Morgan fingerprint density at radius 2 is 1.43 bits per heavy atom. The molecule has 0 aromatic heterocycles. The predicted molar refractivity (Wildman–Crippen MR) is 97.0 cm³/mol. The largest absolute Gasteiger partial charge is 0.573 e. The number of hydrogen-bond donors (Lipinski definition) is 3. The molecule has 0 fully saturated rings. The van der Waals surface area contributed by atoms with Crippen LogP contribution in [0.25, 0.3) is 0 Å². The highest BCUT2D eigenvalue weighted by Gasteiger charge is 2.30. The fourth-order valence-corrected chi connectivity index (χ4v) is 2.28. The molecule has 28 heavy (non-hydrogen) atoms. The summed E-state index contributed by atoms with van der Waals surface area (Å²) in [5.74, 6) is -0.514. The van der Waals surface area contributed by atoms with E-state index in [1.807, 2.05) is 6.07 Å². The molecule has 2 aromatic rings. The Labute approximate surface area is 160 Å². The van der Waals surface area contributed by atoms with Gasteiger partial charge in [0.05, 0.1) is 0 Å². The van der Waals surface area contributed by atoms with Crippen LogP contribution in [0.1, 0.15) is 15.9 Å². The summed E-state index contributed by atoms with van der Waals surface area (Å²) in [6.07, 6.45) is -4.27. The van der Waals surface area contributed by atoms with Crippen molar-refractivity contribution in [3.63, 3.8) is 0 Å². The fourth-order valence-electron chi connectivity index (χ4n) is 2.28. The third-order valence-electron chi connectivity index (χ3n) is 3.59. The number of benzene rings is 2. The molecule has 9 heteroatoms. The highest BCUT2D eigenvalue weighted by atomic mass is 19.4. The van der Waals surface area contributed by atoms with Gasteiger partial charge in [0.15, 0.2) is 0 Å². The van der Waals surface area contributed by atoms with E-state index in [1.54, 1.807) is 24.3 Å². The first-order valence-corrected chi connectivity index (χ1v) is 8.53. The van der Waals surface area contributed by atoms with Gasteiger partial charge in [0, 0.05) is 25.2 Å². The van der Waals surface area contributed by atoms with Gasteiger partial charge in [0.25, 0.3) is 5.91 Å². The van der Waals surface area contributed by atoms with Gasteiger partial charge in [-0.3, -0.25) is 4.79 Å². The van der Waals surface area contributed by atoms with E-state index < -0.39 is 12.4 Å². The third-order valence-corrected chi connectivity index (χ3v) is 3.59. The number of alkyl halides is 3. The lowest BCUT2D eigenvalue weighted by Gasteiger charge is -2.10. The lowest BCUT2D eigenvalue weighted by atomic mass is 10.1. The summed E-state index contributed by atoms with van der Waals surface area (Å²) in [5.41, 5.74) is 1.29.